The van der Waals surface area contributed by atoms with E-state index in [1.807, 2.05) is 42.5 Å². The molecule has 27 heavy (non-hydrogen) atoms. The Labute approximate surface area is 156 Å². The van der Waals surface area contributed by atoms with E-state index in [-0.39, 0.29) is 17.3 Å². The van der Waals surface area contributed by atoms with Crippen LogP contribution in [0.3, 0.4) is 0 Å². The number of non-ortho nitro benzene ring substituents is 1. The van der Waals surface area contributed by atoms with E-state index in [1.165, 1.54) is 25.3 Å². The third-order valence-corrected chi connectivity index (χ3v) is 4.21. The summed E-state index contributed by atoms with van der Waals surface area (Å²) < 4.78 is 5.15. The predicted octanol–water partition coefficient (Wildman–Crippen LogP) is 4.20. The van der Waals surface area contributed by atoms with E-state index in [0.29, 0.717) is 5.69 Å². The van der Waals surface area contributed by atoms with Crippen molar-refractivity contribution in [3.8, 4) is 5.75 Å². The highest BCUT2D eigenvalue weighted by molar-refractivity contribution is 6.00. The fourth-order valence-electron chi connectivity index (χ4n) is 2.79. The molecule has 0 aliphatic rings. The lowest BCUT2D eigenvalue weighted by Gasteiger charge is -2.18. The van der Waals surface area contributed by atoms with Crippen LogP contribution in [0.25, 0.3) is 10.8 Å². The van der Waals surface area contributed by atoms with Gasteiger partial charge in [0, 0.05) is 17.1 Å². The second kappa shape index (κ2) is 7.74. The van der Waals surface area contributed by atoms with Crippen molar-refractivity contribution in [2.24, 2.45) is 0 Å². The topological polar surface area (TPSA) is 93.5 Å². The fourth-order valence-corrected chi connectivity index (χ4v) is 2.79. The SMILES string of the molecule is COc1cc([N+](=O)[O-])ccc1NC(=O)[C@@H](C)Nc1cccc2ccccc12. The molecule has 0 aromatic heterocycles. The Morgan fingerprint density at radius 1 is 1.07 bits per heavy atom. The van der Waals surface area contributed by atoms with Gasteiger partial charge in [0.1, 0.15) is 11.8 Å². The minimum absolute atomic E-state index is 0.105. The summed E-state index contributed by atoms with van der Waals surface area (Å²) in [4.78, 5) is 22.9. The molecule has 2 N–H and O–H groups in total. The van der Waals surface area contributed by atoms with Crippen molar-refractivity contribution >= 4 is 33.7 Å². The first kappa shape index (κ1) is 18.2. The number of rotatable bonds is 6. The molecule has 3 aromatic rings. The zero-order valence-corrected chi connectivity index (χ0v) is 14.9. The van der Waals surface area contributed by atoms with Crippen LogP contribution >= 0.6 is 0 Å². The normalized spacial score (nSPS) is 11.6. The molecule has 0 fully saturated rings. The van der Waals surface area contributed by atoms with Gasteiger partial charge in [0.2, 0.25) is 5.91 Å². The molecule has 1 amide bonds. The van der Waals surface area contributed by atoms with Gasteiger partial charge in [0.25, 0.3) is 5.69 Å². The molecule has 3 rings (SSSR count). The first-order chi connectivity index (χ1) is 13.0. The van der Waals surface area contributed by atoms with Gasteiger partial charge in [-0.05, 0) is 24.4 Å². The van der Waals surface area contributed by atoms with Crippen molar-refractivity contribution in [3.63, 3.8) is 0 Å². The number of hydrogen-bond donors (Lipinski definition) is 2. The summed E-state index contributed by atoms with van der Waals surface area (Å²) in [6.45, 7) is 1.75. The van der Waals surface area contributed by atoms with Crippen LogP contribution in [0.2, 0.25) is 0 Å². The number of carbonyl (C=O) groups is 1. The lowest BCUT2D eigenvalue weighted by molar-refractivity contribution is -0.384. The molecule has 0 unspecified atom stereocenters. The van der Waals surface area contributed by atoms with Gasteiger partial charge in [-0.3, -0.25) is 14.9 Å². The van der Waals surface area contributed by atoms with Crippen molar-refractivity contribution in [2.45, 2.75) is 13.0 Å². The molecule has 0 saturated heterocycles. The first-order valence-corrected chi connectivity index (χ1v) is 8.37. The van der Waals surface area contributed by atoms with E-state index in [0.717, 1.165) is 16.5 Å². The summed E-state index contributed by atoms with van der Waals surface area (Å²) in [7, 11) is 1.40. The molecular formula is C20H19N3O4. The number of carbonyl (C=O) groups excluding carboxylic acids is 1. The molecule has 0 aliphatic carbocycles. The highest BCUT2D eigenvalue weighted by atomic mass is 16.6. The zero-order chi connectivity index (χ0) is 19.4. The molecule has 7 nitrogen and oxygen atoms in total. The van der Waals surface area contributed by atoms with Crippen LogP contribution in [0.1, 0.15) is 6.92 Å². The zero-order valence-electron chi connectivity index (χ0n) is 14.9. The van der Waals surface area contributed by atoms with Crippen LogP contribution in [-0.2, 0) is 4.79 Å². The van der Waals surface area contributed by atoms with Gasteiger partial charge < -0.3 is 15.4 Å². The number of ether oxygens (including phenoxy) is 1. The Kier molecular flexibility index (Phi) is 5.21. The number of hydrogen-bond acceptors (Lipinski definition) is 5. The van der Waals surface area contributed by atoms with Gasteiger partial charge in [0.05, 0.1) is 23.8 Å². The molecule has 0 bridgehead atoms. The second-order valence-corrected chi connectivity index (χ2v) is 6.02. The van der Waals surface area contributed by atoms with Crippen molar-refractivity contribution in [2.75, 3.05) is 17.7 Å². The van der Waals surface area contributed by atoms with Gasteiger partial charge in [-0.25, -0.2) is 0 Å². The van der Waals surface area contributed by atoms with Gasteiger partial charge in [-0.1, -0.05) is 36.4 Å². The Hall–Kier alpha value is -3.61. The minimum Gasteiger partial charge on any atom is -0.494 e. The number of methoxy groups -OCH3 is 1. The van der Waals surface area contributed by atoms with Crippen LogP contribution in [-0.4, -0.2) is 24.0 Å². The van der Waals surface area contributed by atoms with E-state index in [9.17, 15) is 14.9 Å². The summed E-state index contributed by atoms with van der Waals surface area (Å²) in [5.41, 5.74) is 1.12. The molecule has 0 heterocycles. The summed E-state index contributed by atoms with van der Waals surface area (Å²) in [6.07, 6.45) is 0. The number of anilines is 2. The Bertz CT molecular complexity index is 998. The van der Waals surface area contributed by atoms with Crippen molar-refractivity contribution in [1.29, 1.82) is 0 Å². The second-order valence-electron chi connectivity index (χ2n) is 6.02. The number of nitrogens with one attached hydrogen (secondary N) is 2. The van der Waals surface area contributed by atoms with Crippen LogP contribution in [0.5, 0.6) is 5.75 Å². The van der Waals surface area contributed by atoms with Gasteiger partial charge >= 0.3 is 0 Å². The van der Waals surface area contributed by atoms with Crippen molar-refractivity contribution in [1.82, 2.24) is 0 Å². The van der Waals surface area contributed by atoms with E-state index >= 15 is 0 Å². The highest BCUT2D eigenvalue weighted by Gasteiger charge is 2.17. The molecular weight excluding hydrogens is 346 g/mol. The molecule has 0 spiro atoms. The number of fused-ring (bicyclic) bond motifs is 1. The lowest BCUT2D eigenvalue weighted by Crippen LogP contribution is -2.32. The lowest BCUT2D eigenvalue weighted by atomic mass is 10.1. The van der Waals surface area contributed by atoms with Gasteiger partial charge in [-0.2, -0.15) is 0 Å². The van der Waals surface area contributed by atoms with Crippen molar-refractivity contribution in [3.05, 3.63) is 70.8 Å². The van der Waals surface area contributed by atoms with Crippen molar-refractivity contribution < 1.29 is 14.5 Å². The van der Waals surface area contributed by atoms with Crippen LogP contribution in [0, 0.1) is 10.1 Å². The minimum atomic E-state index is -0.532. The monoisotopic (exact) mass is 365 g/mol. The average Bonchev–Trinajstić information content (AvgIpc) is 2.68. The number of amides is 1. The third kappa shape index (κ3) is 3.98. The molecule has 0 radical (unpaired) electrons. The quantitative estimate of drug-likeness (QED) is 0.504. The fraction of sp³-hybridized carbons (Fsp3) is 0.150. The molecule has 1 atom stereocenters. The largest absolute Gasteiger partial charge is 0.494 e. The first-order valence-electron chi connectivity index (χ1n) is 8.37. The average molecular weight is 365 g/mol. The molecule has 0 saturated carbocycles. The Balaban J connectivity index is 1.77. The van der Waals surface area contributed by atoms with Crippen LogP contribution in [0.15, 0.2) is 60.7 Å². The Morgan fingerprint density at radius 2 is 1.81 bits per heavy atom. The number of nitrogens with zero attached hydrogens (tertiary/aromatic N) is 1. The van der Waals surface area contributed by atoms with Crippen LogP contribution < -0.4 is 15.4 Å². The van der Waals surface area contributed by atoms with E-state index in [2.05, 4.69) is 10.6 Å². The molecule has 3 aromatic carbocycles. The number of nitro groups is 1. The van der Waals surface area contributed by atoms with E-state index < -0.39 is 11.0 Å². The van der Waals surface area contributed by atoms with E-state index in [1.54, 1.807) is 6.92 Å². The number of nitro benzene ring substituents is 1. The predicted molar refractivity (Wildman–Crippen MR) is 105 cm³/mol. The van der Waals surface area contributed by atoms with E-state index in [4.69, 9.17) is 4.74 Å². The van der Waals surface area contributed by atoms with Gasteiger partial charge in [-0.15, -0.1) is 0 Å². The maximum Gasteiger partial charge on any atom is 0.273 e. The standard InChI is InChI=1S/C20H19N3O4/c1-13(21-17-9-5-7-14-6-3-4-8-16(14)17)20(24)22-18-11-10-15(23(25)26)12-19(18)27-2/h3-13,21H,1-2H3,(H,22,24)/t13-/m1/s1. The maximum absolute atomic E-state index is 12.6. The summed E-state index contributed by atoms with van der Waals surface area (Å²) in [5, 5.41) is 18.9. The number of benzene rings is 3. The summed E-state index contributed by atoms with van der Waals surface area (Å²) in [5.74, 6) is -0.0509. The van der Waals surface area contributed by atoms with Gasteiger partial charge in [0.15, 0.2) is 0 Å². The smallest absolute Gasteiger partial charge is 0.273 e. The maximum atomic E-state index is 12.6. The highest BCUT2D eigenvalue weighted by Crippen LogP contribution is 2.29. The molecule has 7 heteroatoms. The van der Waals surface area contributed by atoms with Crippen LogP contribution in [0.4, 0.5) is 17.1 Å². The molecule has 138 valence electrons. The molecule has 0 aliphatic heterocycles. The third-order valence-electron chi connectivity index (χ3n) is 4.21. The Morgan fingerprint density at radius 3 is 2.56 bits per heavy atom. The summed E-state index contributed by atoms with van der Waals surface area (Å²) >= 11 is 0. The summed E-state index contributed by atoms with van der Waals surface area (Å²) in [6, 6.07) is 17.3.